The van der Waals surface area contributed by atoms with Gasteiger partial charge in [-0.15, -0.1) is 0 Å². The van der Waals surface area contributed by atoms with E-state index in [9.17, 15) is 0 Å². The van der Waals surface area contributed by atoms with Crippen molar-refractivity contribution in [2.45, 2.75) is 39.7 Å². The average molecular weight is 271 g/mol. The second kappa shape index (κ2) is 6.71. The van der Waals surface area contributed by atoms with Crippen LogP contribution in [0.25, 0.3) is 0 Å². The zero-order valence-corrected chi connectivity index (χ0v) is 13.0. The first kappa shape index (κ1) is 14.8. The Bertz CT molecular complexity index is 540. The molecule has 0 aliphatic rings. The number of nitrogens with one attached hydrogen (secondary N) is 1. The summed E-state index contributed by atoms with van der Waals surface area (Å²) in [7, 11) is 2.03. The normalized spacial score (nSPS) is 12.6. The molecule has 0 spiro atoms. The molecule has 0 saturated heterocycles. The van der Waals surface area contributed by atoms with Crippen LogP contribution in [0.1, 0.15) is 49.3 Å². The molecule has 2 aromatic rings. The first-order chi connectivity index (χ1) is 9.69. The molecule has 0 saturated carbocycles. The van der Waals surface area contributed by atoms with Gasteiger partial charge in [0.2, 0.25) is 0 Å². The van der Waals surface area contributed by atoms with E-state index in [4.69, 9.17) is 0 Å². The minimum Gasteiger partial charge on any atom is -0.305 e. The Hall–Kier alpha value is -1.61. The van der Waals surface area contributed by atoms with Gasteiger partial charge in [0.25, 0.3) is 0 Å². The highest BCUT2D eigenvalue weighted by atomic mass is 15.3. The smallest absolute Gasteiger partial charge is 0.0748 e. The van der Waals surface area contributed by atoms with Crippen LogP contribution in [-0.4, -0.2) is 16.3 Å². The molecule has 2 rings (SSSR count). The van der Waals surface area contributed by atoms with Gasteiger partial charge in [-0.3, -0.25) is 4.68 Å². The van der Waals surface area contributed by atoms with Gasteiger partial charge in [-0.2, -0.15) is 5.10 Å². The Labute approximate surface area is 122 Å². The van der Waals surface area contributed by atoms with Crippen LogP contribution < -0.4 is 5.32 Å². The fraction of sp³-hybridized carbons (Fsp3) is 0.471. The third-order valence-electron chi connectivity index (χ3n) is 3.75. The molecule has 1 unspecified atom stereocenters. The summed E-state index contributed by atoms with van der Waals surface area (Å²) in [6.07, 6.45) is 2.05. The largest absolute Gasteiger partial charge is 0.305 e. The minimum atomic E-state index is 0.212. The van der Waals surface area contributed by atoms with E-state index in [1.54, 1.807) is 0 Å². The molecule has 108 valence electrons. The summed E-state index contributed by atoms with van der Waals surface area (Å²) in [4.78, 5) is 0. The number of hydrogen-bond acceptors (Lipinski definition) is 2. The van der Waals surface area contributed by atoms with Crippen molar-refractivity contribution in [3.05, 3.63) is 52.8 Å². The van der Waals surface area contributed by atoms with E-state index in [0.29, 0.717) is 0 Å². The van der Waals surface area contributed by atoms with Crippen LogP contribution >= 0.6 is 0 Å². The quantitative estimate of drug-likeness (QED) is 0.874. The van der Waals surface area contributed by atoms with Crippen LogP contribution in [0.3, 0.4) is 0 Å². The Kier molecular flexibility index (Phi) is 4.96. The molecule has 3 heteroatoms. The lowest BCUT2D eigenvalue weighted by molar-refractivity contribution is 0.571. The van der Waals surface area contributed by atoms with Gasteiger partial charge in [0.05, 0.1) is 17.4 Å². The summed E-state index contributed by atoms with van der Waals surface area (Å²) >= 11 is 0. The molecule has 1 atom stereocenters. The second-order valence-electron chi connectivity index (χ2n) is 5.12. The summed E-state index contributed by atoms with van der Waals surface area (Å²) in [6.45, 7) is 7.41. The number of nitrogens with zero attached hydrogens (tertiary/aromatic N) is 2. The van der Waals surface area contributed by atoms with Crippen molar-refractivity contribution in [1.29, 1.82) is 0 Å². The third-order valence-corrected chi connectivity index (χ3v) is 3.75. The number of rotatable bonds is 6. The van der Waals surface area contributed by atoms with E-state index >= 15 is 0 Å². The maximum absolute atomic E-state index is 4.57. The molecule has 0 aliphatic heterocycles. The van der Waals surface area contributed by atoms with Crippen LogP contribution in [0.5, 0.6) is 0 Å². The monoisotopic (exact) mass is 271 g/mol. The SMILES string of the molecule is CCNC(c1ccc(CC)cc1)c1cc(CC)nn1C. The lowest BCUT2D eigenvalue weighted by Gasteiger charge is -2.19. The predicted octanol–water partition coefficient (Wildman–Crippen LogP) is 3.24. The van der Waals surface area contributed by atoms with E-state index in [2.05, 4.69) is 61.5 Å². The zero-order valence-electron chi connectivity index (χ0n) is 13.0. The average Bonchev–Trinajstić information content (AvgIpc) is 2.86. The summed E-state index contributed by atoms with van der Waals surface area (Å²) < 4.78 is 2.00. The molecular weight excluding hydrogens is 246 g/mol. The molecule has 0 amide bonds. The summed E-state index contributed by atoms with van der Waals surface area (Å²) in [5.74, 6) is 0. The summed E-state index contributed by atoms with van der Waals surface area (Å²) in [6, 6.07) is 11.3. The van der Waals surface area contributed by atoms with Gasteiger partial charge < -0.3 is 5.32 Å². The van der Waals surface area contributed by atoms with Crippen LogP contribution in [0.2, 0.25) is 0 Å². The third kappa shape index (κ3) is 3.10. The van der Waals surface area contributed by atoms with Crippen LogP contribution in [0, 0.1) is 0 Å². The Morgan fingerprint density at radius 2 is 1.80 bits per heavy atom. The standard InChI is InChI=1S/C17H25N3/c1-5-13-8-10-14(11-9-13)17(18-7-3)16-12-15(6-2)19-20(16)4/h8-12,17-18H,5-7H2,1-4H3. The van der Waals surface area contributed by atoms with Crippen molar-refractivity contribution >= 4 is 0 Å². The van der Waals surface area contributed by atoms with Crippen LogP contribution in [0.15, 0.2) is 30.3 Å². The van der Waals surface area contributed by atoms with Gasteiger partial charge in [-0.1, -0.05) is 45.0 Å². The van der Waals surface area contributed by atoms with Crippen LogP contribution in [0.4, 0.5) is 0 Å². The van der Waals surface area contributed by atoms with Gasteiger partial charge in [0.15, 0.2) is 0 Å². The Morgan fingerprint density at radius 3 is 2.30 bits per heavy atom. The van der Waals surface area contributed by atoms with Gasteiger partial charge in [0.1, 0.15) is 0 Å². The first-order valence-corrected chi connectivity index (χ1v) is 7.54. The highest BCUT2D eigenvalue weighted by Gasteiger charge is 2.17. The molecule has 0 bridgehead atoms. The minimum absolute atomic E-state index is 0.212. The Balaban J connectivity index is 2.35. The van der Waals surface area contributed by atoms with Crippen molar-refractivity contribution in [2.75, 3.05) is 6.54 Å². The van der Waals surface area contributed by atoms with E-state index in [1.807, 2.05) is 11.7 Å². The highest BCUT2D eigenvalue weighted by molar-refractivity contribution is 5.31. The van der Waals surface area contributed by atoms with E-state index in [1.165, 1.54) is 16.8 Å². The van der Waals surface area contributed by atoms with Gasteiger partial charge in [-0.05, 0) is 36.6 Å². The number of benzene rings is 1. The van der Waals surface area contributed by atoms with E-state index in [-0.39, 0.29) is 6.04 Å². The molecular formula is C17H25N3. The number of hydrogen-bond donors (Lipinski definition) is 1. The maximum atomic E-state index is 4.57. The topological polar surface area (TPSA) is 29.9 Å². The molecule has 0 aliphatic carbocycles. The van der Waals surface area contributed by atoms with Gasteiger partial charge in [0, 0.05) is 7.05 Å². The highest BCUT2D eigenvalue weighted by Crippen LogP contribution is 2.23. The molecule has 1 heterocycles. The fourth-order valence-corrected chi connectivity index (χ4v) is 2.53. The molecule has 0 radical (unpaired) electrons. The van der Waals surface area contributed by atoms with Crippen molar-refractivity contribution < 1.29 is 0 Å². The van der Waals surface area contributed by atoms with Crippen molar-refractivity contribution in [3.8, 4) is 0 Å². The zero-order chi connectivity index (χ0) is 14.5. The Morgan fingerprint density at radius 1 is 1.10 bits per heavy atom. The molecule has 20 heavy (non-hydrogen) atoms. The summed E-state index contributed by atoms with van der Waals surface area (Å²) in [5, 5.41) is 8.14. The molecule has 1 N–H and O–H groups in total. The maximum Gasteiger partial charge on any atom is 0.0748 e. The van der Waals surface area contributed by atoms with Crippen molar-refractivity contribution in [1.82, 2.24) is 15.1 Å². The lowest BCUT2D eigenvalue weighted by atomic mass is 10.0. The van der Waals surface area contributed by atoms with Gasteiger partial charge >= 0.3 is 0 Å². The van der Waals surface area contributed by atoms with Crippen LogP contribution in [-0.2, 0) is 19.9 Å². The fourth-order valence-electron chi connectivity index (χ4n) is 2.53. The first-order valence-electron chi connectivity index (χ1n) is 7.54. The number of aryl methyl sites for hydroxylation is 3. The van der Waals surface area contributed by atoms with Crippen molar-refractivity contribution in [3.63, 3.8) is 0 Å². The van der Waals surface area contributed by atoms with Crippen molar-refractivity contribution in [2.24, 2.45) is 7.05 Å². The number of aromatic nitrogens is 2. The van der Waals surface area contributed by atoms with E-state index < -0.39 is 0 Å². The lowest BCUT2D eigenvalue weighted by Crippen LogP contribution is -2.24. The molecule has 1 aromatic heterocycles. The predicted molar refractivity (Wildman–Crippen MR) is 83.9 cm³/mol. The molecule has 1 aromatic carbocycles. The van der Waals surface area contributed by atoms with E-state index in [0.717, 1.165) is 25.1 Å². The molecule has 0 fully saturated rings. The summed E-state index contributed by atoms with van der Waals surface area (Å²) in [5.41, 5.74) is 5.06. The van der Waals surface area contributed by atoms with Gasteiger partial charge in [-0.25, -0.2) is 0 Å². The molecule has 3 nitrogen and oxygen atoms in total. The second-order valence-corrected chi connectivity index (χ2v) is 5.12.